The van der Waals surface area contributed by atoms with Gasteiger partial charge in [-0.15, -0.1) is 0 Å². The highest BCUT2D eigenvalue weighted by Gasteiger charge is 2.12. The lowest BCUT2D eigenvalue weighted by Gasteiger charge is -2.09. The van der Waals surface area contributed by atoms with Crippen LogP contribution in [0, 0.1) is 17.0 Å². The minimum Gasteiger partial charge on any atom is -0.378 e. The summed E-state index contributed by atoms with van der Waals surface area (Å²) in [6.07, 6.45) is 0. The third-order valence-corrected chi connectivity index (χ3v) is 2.54. The van der Waals surface area contributed by atoms with Crippen molar-refractivity contribution in [3.63, 3.8) is 0 Å². The Morgan fingerprint density at radius 3 is 2.60 bits per heavy atom. The van der Waals surface area contributed by atoms with Crippen LogP contribution in [-0.4, -0.2) is 44.4 Å². The average molecular weight is 283 g/mol. The van der Waals surface area contributed by atoms with Gasteiger partial charge in [-0.3, -0.25) is 10.1 Å². The second-order valence-electron chi connectivity index (χ2n) is 4.22. The highest BCUT2D eigenvalue weighted by Crippen LogP contribution is 2.24. The number of nitrogens with two attached hydrogens (primary N) is 1. The van der Waals surface area contributed by atoms with Gasteiger partial charge in [0.15, 0.2) is 0 Å². The number of anilines is 1. The van der Waals surface area contributed by atoms with Crippen LogP contribution in [0.2, 0.25) is 0 Å². The number of hydrogen-bond donors (Lipinski definition) is 2. The first-order valence-electron chi connectivity index (χ1n) is 6.49. The topological polar surface area (TPSA) is 99.7 Å². The van der Waals surface area contributed by atoms with E-state index in [1.54, 1.807) is 12.1 Å². The predicted molar refractivity (Wildman–Crippen MR) is 77.0 cm³/mol. The monoisotopic (exact) mass is 283 g/mol. The van der Waals surface area contributed by atoms with E-state index in [1.165, 1.54) is 6.07 Å². The Morgan fingerprint density at radius 1 is 1.25 bits per heavy atom. The van der Waals surface area contributed by atoms with E-state index in [-0.39, 0.29) is 5.69 Å². The van der Waals surface area contributed by atoms with Crippen molar-refractivity contribution in [3.05, 3.63) is 33.9 Å². The van der Waals surface area contributed by atoms with Crippen molar-refractivity contribution in [1.82, 2.24) is 0 Å². The van der Waals surface area contributed by atoms with Gasteiger partial charge in [0, 0.05) is 19.2 Å². The number of benzene rings is 1. The van der Waals surface area contributed by atoms with Crippen LogP contribution in [0.3, 0.4) is 0 Å². The van der Waals surface area contributed by atoms with E-state index in [4.69, 9.17) is 15.2 Å². The van der Waals surface area contributed by atoms with Crippen LogP contribution in [0.25, 0.3) is 0 Å². The van der Waals surface area contributed by atoms with Crippen LogP contribution < -0.4 is 11.1 Å². The molecule has 20 heavy (non-hydrogen) atoms. The molecule has 0 atom stereocenters. The van der Waals surface area contributed by atoms with E-state index in [0.717, 1.165) is 5.56 Å². The molecule has 0 aliphatic carbocycles. The minimum absolute atomic E-state index is 0.0712. The molecule has 7 heteroatoms. The van der Waals surface area contributed by atoms with Gasteiger partial charge < -0.3 is 20.5 Å². The minimum atomic E-state index is -0.400. The maximum absolute atomic E-state index is 10.9. The molecule has 7 nitrogen and oxygen atoms in total. The molecule has 3 N–H and O–H groups in total. The standard InChI is InChI=1S/C13H21N3O4/c1-11-2-3-13(16(17)18)12(10-11)15-5-7-20-9-8-19-6-4-14/h2-3,10,15H,4-9,14H2,1H3. The van der Waals surface area contributed by atoms with Crippen molar-refractivity contribution in [2.75, 3.05) is 44.8 Å². The van der Waals surface area contributed by atoms with Gasteiger partial charge in [0.25, 0.3) is 5.69 Å². The summed E-state index contributed by atoms with van der Waals surface area (Å²) in [7, 11) is 0. The predicted octanol–water partition coefficient (Wildman–Crippen LogP) is 1.31. The molecule has 1 aromatic rings. The van der Waals surface area contributed by atoms with Crippen LogP contribution in [0.4, 0.5) is 11.4 Å². The summed E-state index contributed by atoms with van der Waals surface area (Å²) in [4.78, 5) is 10.5. The van der Waals surface area contributed by atoms with Crippen LogP contribution >= 0.6 is 0 Å². The highest BCUT2D eigenvalue weighted by molar-refractivity contribution is 5.62. The van der Waals surface area contributed by atoms with Crippen molar-refractivity contribution in [2.24, 2.45) is 5.73 Å². The molecule has 0 aliphatic heterocycles. The van der Waals surface area contributed by atoms with Gasteiger partial charge in [0.05, 0.1) is 31.4 Å². The summed E-state index contributed by atoms with van der Waals surface area (Å²) >= 11 is 0. The number of aryl methyl sites for hydroxylation is 1. The Hall–Kier alpha value is -1.70. The molecule has 0 bridgehead atoms. The summed E-state index contributed by atoms with van der Waals surface area (Å²) in [5, 5.41) is 13.9. The molecule has 1 aromatic carbocycles. The Balaban J connectivity index is 2.28. The van der Waals surface area contributed by atoms with Gasteiger partial charge in [0.1, 0.15) is 5.69 Å². The number of nitro groups is 1. The summed E-state index contributed by atoms with van der Waals surface area (Å²) in [6, 6.07) is 4.97. The van der Waals surface area contributed by atoms with Crippen molar-refractivity contribution < 1.29 is 14.4 Å². The molecule has 0 saturated carbocycles. The maximum Gasteiger partial charge on any atom is 0.292 e. The molecule has 0 aromatic heterocycles. The Kier molecular flexibility index (Phi) is 7.56. The van der Waals surface area contributed by atoms with Crippen LogP contribution in [0.1, 0.15) is 5.56 Å². The normalized spacial score (nSPS) is 10.5. The summed E-state index contributed by atoms with van der Waals surface area (Å²) in [5.41, 5.74) is 6.83. The second kappa shape index (κ2) is 9.24. The fourth-order valence-electron chi connectivity index (χ4n) is 1.61. The maximum atomic E-state index is 10.9. The quantitative estimate of drug-likeness (QED) is 0.381. The lowest BCUT2D eigenvalue weighted by molar-refractivity contribution is -0.384. The van der Waals surface area contributed by atoms with E-state index in [0.29, 0.717) is 45.2 Å². The third-order valence-electron chi connectivity index (χ3n) is 2.54. The average Bonchev–Trinajstić information content (AvgIpc) is 2.41. The van der Waals surface area contributed by atoms with Gasteiger partial charge in [-0.05, 0) is 18.6 Å². The van der Waals surface area contributed by atoms with Crippen molar-refractivity contribution in [1.29, 1.82) is 0 Å². The number of nitrogens with one attached hydrogen (secondary N) is 1. The molecular weight excluding hydrogens is 262 g/mol. The van der Waals surface area contributed by atoms with Crippen molar-refractivity contribution >= 4 is 11.4 Å². The molecule has 0 amide bonds. The molecule has 0 fully saturated rings. The van der Waals surface area contributed by atoms with Gasteiger partial charge in [0.2, 0.25) is 0 Å². The van der Waals surface area contributed by atoms with Crippen LogP contribution in [0.15, 0.2) is 18.2 Å². The van der Waals surface area contributed by atoms with E-state index in [9.17, 15) is 10.1 Å². The summed E-state index contributed by atoms with van der Waals surface area (Å²) < 4.78 is 10.5. The molecule has 112 valence electrons. The molecule has 0 unspecified atom stereocenters. The fraction of sp³-hybridized carbons (Fsp3) is 0.538. The molecule has 0 heterocycles. The van der Waals surface area contributed by atoms with E-state index < -0.39 is 4.92 Å². The summed E-state index contributed by atoms with van der Waals surface area (Å²) in [6.45, 7) is 4.85. The van der Waals surface area contributed by atoms with Crippen molar-refractivity contribution in [2.45, 2.75) is 6.92 Å². The van der Waals surface area contributed by atoms with E-state index in [2.05, 4.69) is 5.32 Å². The molecule has 0 saturated heterocycles. The molecule has 0 spiro atoms. The largest absolute Gasteiger partial charge is 0.378 e. The highest BCUT2D eigenvalue weighted by atomic mass is 16.6. The number of nitrogens with zero attached hydrogens (tertiary/aromatic N) is 1. The second-order valence-corrected chi connectivity index (χ2v) is 4.22. The van der Waals surface area contributed by atoms with Gasteiger partial charge in [-0.1, -0.05) is 6.07 Å². The molecule has 0 aliphatic rings. The first-order valence-corrected chi connectivity index (χ1v) is 6.49. The van der Waals surface area contributed by atoms with Gasteiger partial charge in [-0.25, -0.2) is 0 Å². The Morgan fingerprint density at radius 2 is 1.95 bits per heavy atom. The summed E-state index contributed by atoms with van der Waals surface area (Å²) in [5.74, 6) is 0. The Labute approximate surface area is 118 Å². The molecule has 1 rings (SSSR count). The van der Waals surface area contributed by atoms with Crippen LogP contribution in [-0.2, 0) is 9.47 Å². The zero-order valence-corrected chi connectivity index (χ0v) is 11.6. The third kappa shape index (κ3) is 5.96. The van der Waals surface area contributed by atoms with Crippen molar-refractivity contribution in [3.8, 4) is 0 Å². The number of nitro benzene ring substituents is 1. The smallest absolute Gasteiger partial charge is 0.292 e. The van der Waals surface area contributed by atoms with E-state index >= 15 is 0 Å². The molecular formula is C13H21N3O4. The SMILES string of the molecule is Cc1ccc([N+](=O)[O-])c(NCCOCCOCCN)c1. The molecule has 0 radical (unpaired) electrons. The Bertz CT molecular complexity index is 426. The van der Waals surface area contributed by atoms with Gasteiger partial charge in [-0.2, -0.15) is 0 Å². The first-order chi connectivity index (χ1) is 9.65. The number of hydrogen-bond acceptors (Lipinski definition) is 6. The zero-order valence-electron chi connectivity index (χ0n) is 11.6. The van der Waals surface area contributed by atoms with Crippen LogP contribution in [0.5, 0.6) is 0 Å². The lowest BCUT2D eigenvalue weighted by Crippen LogP contribution is -2.15. The first kappa shape index (κ1) is 16.4. The zero-order chi connectivity index (χ0) is 14.8. The van der Waals surface area contributed by atoms with E-state index in [1.807, 2.05) is 6.92 Å². The lowest BCUT2D eigenvalue weighted by atomic mass is 10.2. The number of rotatable bonds is 10. The van der Waals surface area contributed by atoms with Gasteiger partial charge >= 0.3 is 0 Å². The number of ether oxygens (including phenoxy) is 2. The fourth-order valence-corrected chi connectivity index (χ4v) is 1.61.